The van der Waals surface area contributed by atoms with Crippen LogP contribution in [0, 0.1) is 0 Å². The average Bonchev–Trinajstić information content (AvgIpc) is 3.06. The van der Waals surface area contributed by atoms with E-state index in [0.717, 1.165) is 16.6 Å². The van der Waals surface area contributed by atoms with Gasteiger partial charge in [-0.1, -0.05) is 23.7 Å². The Morgan fingerprint density at radius 2 is 2.08 bits per heavy atom. The highest BCUT2D eigenvalue weighted by molar-refractivity contribution is 6.30. The molecule has 0 saturated carbocycles. The number of fused-ring (bicyclic) bond motifs is 1. The molecule has 0 saturated heterocycles. The van der Waals surface area contributed by atoms with Gasteiger partial charge in [-0.3, -0.25) is 0 Å². The van der Waals surface area contributed by atoms with Crippen LogP contribution >= 0.6 is 11.6 Å². The van der Waals surface area contributed by atoms with Crippen molar-refractivity contribution in [3.63, 3.8) is 0 Å². The first-order valence-corrected chi connectivity index (χ1v) is 8.22. The number of hydrogen-bond donors (Lipinski definition) is 3. The molecule has 0 spiro atoms. The second-order valence-electron chi connectivity index (χ2n) is 5.70. The summed E-state index contributed by atoms with van der Waals surface area (Å²) in [5.41, 5.74) is 1.58. The third-order valence-corrected chi connectivity index (χ3v) is 3.83. The van der Waals surface area contributed by atoms with Crippen molar-refractivity contribution in [2.45, 2.75) is 0 Å². The zero-order valence-corrected chi connectivity index (χ0v) is 14.8. The topological polar surface area (TPSA) is 85.9 Å². The van der Waals surface area contributed by atoms with Gasteiger partial charge in [0.1, 0.15) is 11.5 Å². The summed E-state index contributed by atoms with van der Waals surface area (Å²) in [4.78, 5) is 25.3. The van der Waals surface area contributed by atoms with Gasteiger partial charge in [0, 0.05) is 44.0 Å². The largest absolute Gasteiger partial charge is 0.368 e. The van der Waals surface area contributed by atoms with Crippen molar-refractivity contribution in [2.24, 2.45) is 0 Å². The van der Waals surface area contributed by atoms with Gasteiger partial charge in [0.15, 0.2) is 5.82 Å². The molecule has 8 heteroatoms. The van der Waals surface area contributed by atoms with Crippen molar-refractivity contribution in [3.8, 4) is 11.4 Å². The number of aromatic nitrogens is 3. The number of nitrogens with one attached hydrogen (secondary N) is 3. The van der Waals surface area contributed by atoms with E-state index in [-0.39, 0.29) is 6.03 Å². The number of carbonyl (C=O) groups excluding carboxylic acids is 1. The van der Waals surface area contributed by atoms with E-state index in [1.807, 2.05) is 36.5 Å². The van der Waals surface area contributed by atoms with E-state index >= 15 is 0 Å². The molecule has 0 aliphatic rings. The van der Waals surface area contributed by atoms with Crippen molar-refractivity contribution in [1.82, 2.24) is 25.2 Å². The van der Waals surface area contributed by atoms with E-state index < -0.39 is 0 Å². The van der Waals surface area contributed by atoms with Crippen LogP contribution in [-0.4, -0.2) is 53.1 Å². The minimum Gasteiger partial charge on any atom is -0.368 e. The maximum atomic E-state index is 11.5. The quantitative estimate of drug-likeness (QED) is 0.612. The first kappa shape index (κ1) is 17.0. The zero-order valence-electron chi connectivity index (χ0n) is 14.0. The summed E-state index contributed by atoms with van der Waals surface area (Å²) in [7, 11) is 3.40. The number of urea groups is 1. The lowest BCUT2D eigenvalue weighted by Gasteiger charge is -2.13. The molecule has 0 unspecified atom stereocenters. The molecule has 0 aliphatic carbocycles. The maximum Gasteiger partial charge on any atom is 0.316 e. The molecule has 0 radical (unpaired) electrons. The minimum atomic E-state index is -0.129. The molecule has 130 valence electrons. The van der Waals surface area contributed by atoms with Gasteiger partial charge in [0.05, 0.1) is 5.39 Å². The van der Waals surface area contributed by atoms with Crippen LogP contribution in [0.2, 0.25) is 5.02 Å². The van der Waals surface area contributed by atoms with Gasteiger partial charge in [0.25, 0.3) is 0 Å². The maximum absolute atomic E-state index is 11.5. The lowest BCUT2D eigenvalue weighted by molar-refractivity contribution is 0.218. The predicted octanol–water partition coefficient (Wildman–Crippen LogP) is 2.96. The summed E-state index contributed by atoms with van der Waals surface area (Å²) in [5.74, 6) is 1.29. The predicted molar refractivity (Wildman–Crippen MR) is 99.9 cm³/mol. The fraction of sp³-hybridized carbons (Fsp3) is 0.235. The molecule has 25 heavy (non-hydrogen) atoms. The van der Waals surface area contributed by atoms with Gasteiger partial charge in [-0.2, -0.15) is 0 Å². The Morgan fingerprint density at radius 1 is 1.24 bits per heavy atom. The van der Waals surface area contributed by atoms with Crippen LogP contribution in [0.4, 0.5) is 10.6 Å². The van der Waals surface area contributed by atoms with Crippen molar-refractivity contribution in [1.29, 1.82) is 0 Å². The monoisotopic (exact) mass is 358 g/mol. The number of nitrogens with zero attached hydrogens (tertiary/aromatic N) is 3. The first-order valence-electron chi connectivity index (χ1n) is 7.84. The summed E-state index contributed by atoms with van der Waals surface area (Å²) in [6, 6.07) is 9.20. The fourth-order valence-electron chi connectivity index (χ4n) is 2.34. The fourth-order valence-corrected chi connectivity index (χ4v) is 2.53. The van der Waals surface area contributed by atoms with E-state index in [9.17, 15) is 4.79 Å². The molecule has 3 N–H and O–H groups in total. The van der Waals surface area contributed by atoms with E-state index in [2.05, 4.69) is 25.6 Å². The van der Waals surface area contributed by atoms with Crippen LogP contribution < -0.4 is 10.6 Å². The van der Waals surface area contributed by atoms with E-state index in [0.29, 0.717) is 29.8 Å². The van der Waals surface area contributed by atoms with Gasteiger partial charge in [-0.25, -0.2) is 14.8 Å². The Labute approximate surface area is 150 Å². The van der Waals surface area contributed by atoms with Gasteiger partial charge >= 0.3 is 6.03 Å². The number of benzene rings is 1. The summed E-state index contributed by atoms with van der Waals surface area (Å²) in [6.07, 6.45) is 1.82. The lowest BCUT2D eigenvalue weighted by Crippen LogP contribution is -2.37. The van der Waals surface area contributed by atoms with Crippen LogP contribution in [0.15, 0.2) is 36.5 Å². The SMILES string of the molecule is CN(C)C(=O)NCCNc1nc(-c2cccc(Cl)c2)nc2[nH]ccc12. The number of carbonyl (C=O) groups is 1. The molecule has 0 fully saturated rings. The Hall–Kier alpha value is -2.80. The summed E-state index contributed by atoms with van der Waals surface area (Å²) < 4.78 is 0. The molecule has 2 aromatic heterocycles. The third kappa shape index (κ3) is 4.00. The number of aromatic amines is 1. The smallest absolute Gasteiger partial charge is 0.316 e. The zero-order chi connectivity index (χ0) is 17.8. The molecule has 2 heterocycles. The van der Waals surface area contributed by atoms with Crippen LogP contribution in [-0.2, 0) is 0 Å². The second kappa shape index (κ2) is 7.40. The highest BCUT2D eigenvalue weighted by atomic mass is 35.5. The van der Waals surface area contributed by atoms with E-state index in [4.69, 9.17) is 11.6 Å². The van der Waals surface area contributed by atoms with Gasteiger partial charge in [0.2, 0.25) is 0 Å². The number of hydrogen-bond acceptors (Lipinski definition) is 4. The van der Waals surface area contributed by atoms with Crippen LogP contribution in [0.5, 0.6) is 0 Å². The van der Waals surface area contributed by atoms with Crippen LogP contribution in [0.3, 0.4) is 0 Å². The number of rotatable bonds is 5. The number of halogens is 1. The van der Waals surface area contributed by atoms with Gasteiger partial charge in [-0.15, -0.1) is 0 Å². The minimum absolute atomic E-state index is 0.129. The number of H-pyrrole nitrogens is 1. The second-order valence-corrected chi connectivity index (χ2v) is 6.14. The molecular formula is C17H19ClN6O. The molecule has 7 nitrogen and oxygen atoms in total. The van der Waals surface area contributed by atoms with Crippen LogP contribution in [0.1, 0.15) is 0 Å². The first-order chi connectivity index (χ1) is 12.0. The van der Waals surface area contributed by atoms with Crippen molar-refractivity contribution in [2.75, 3.05) is 32.5 Å². The molecule has 3 rings (SSSR count). The van der Waals surface area contributed by atoms with Crippen molar-refractivity contribution >= 4 is 34.5 Å². The number of amides is 2. The summed E-state index contributed by atoms with van der Waals surface area (Å²) in [6.45, 7) is 1.03. The van der Waals surface area contributed by atoms with Crippen molar-refractivity contribution in [3.05, 3.63) is 41.6 Å². The lowest BCUT2D eigenvalue weighted by atomic mass is 10.2. The highest BCUT2D eigenvalue weighted by Gasteiger charge is 2.10. The van der Waals surface area contributed by atoms with E-state index in [1.54, 1.807) is 14.1 Å². The molecule has 3 aromatic rings. The molecule has 0 atom stereocenters. The Kier molecular flexibility index (Phi) is 5.04. The Bertz CT molecular complexity index is 892. The Morgan fingerprint density at radius 3 is 2.84 bits per heavy atom. The summed E-state index contributed by atoms with van der Waals surface area (Å²) >= 11 is 6.07. The van der Waals surface area contributed by atoms with E-state index in [1.165, 1.54) is 4.90 Å². The van der Waals surface area contributed by atoms with Gasteiger partial charge in [-0.05, 0) is 18.2 Å². The average molecular weight is 359 g/mol. The standard InChI is InChI=1S/C17H19ClN6O/c1-24(2)17(25)21-9-8-20-16-13-6-7-19-15(13)22-14(23-16)11-4-3-5-12(18)10-11/h3-7,10H,8-9H2,1-2H3,(H,21,25)(H2,19,20,22,23). The molecule has 1 aromatic carbocycles. The normalized spacial score (nSPS) is 10.7. The molecular weight excluding hydrogens is 340 g/mol. The van der Waals surface area contributed by atoms with Crippen molar-refractivity contribution < 1.29 is 4.79 Å². The third-order valence-electron chi connectivity index (χ3n) is 3.60. The van der Waals surface area contributed by atoms with Crippen LogP contribution in [0.25, 0.3) is 22.4 Å². The Balaban J connectivity index is 1.80. The van der Waals surface area contributed by atoms with Gasteiger partial charge < -0.3 is 20.5 Å². The number of anilines is 1. The highest BCUT2D eigenvalue weighted by Crippen LogP contribution is 2.25. The molecule has 0 aliphatic heterocycles. The summed E-state index contributed by atoms with van der Waals surface area (Å²) in [5, 5.41) is 7.59. The molecule has 0 bridgehead atoms. The molecule has 2 amide bonds.